The molecular formula is C14H19NO2. The van der Waals surface area contributed by atoms with E-state index < -0.39 is 0 Å². The van der Waals surface area contributed by atoms with Crippen LogP contribution in [0.4, 0.5) is 0 Å². The second-order valence-electron chi connectivity index (χ2n) is 4.94. The first kappa shape index (κ1) is 12.0. The topological polar surface area (TPSA) is 29.5 Å². The number of likely N-dealkylation sites (N-methyl/N-ethyl adjacent to an activating group) is 1. The van der Waals surface area contributed by atoms with E-state index in [0.29, 0.717) is 0 Å². The number of carbonyl (C=O) groups is 1. The highest BCUT2D eigenvalue weighted by molar-refractivity contribution is 5.98. The summed E-state index contributed by atoms with van der Waals surface area (Å²) >= 11 is 0. The average Bonchev–Trinajstić information content (AvgIpc) is 2.55. The molecule has 0 aromatic carbocycles. The van der Waals surface area contributed by atoms with Gasteiger partial charge in [0.15, 0.2) is 0 Å². The summed E-state index contributed by atoms with van der Waals surface area (Å²) in [5, 5.41) is 0. The maximum atomic E-state index is 12.2. The summed E-state index contributed by atoms with van der Waals surface area (Å²) < 4.78 is 5.28. The summed E-state index contributed by atoms with van der Waals surface area (Å²) in [5.74, 6) is 0.818. The van der Waals surface area contributed by atoms with Gasteiger partial charge in [-0.1, -0.05) is 23.8 Å². The van der Waals surface area contributed by atoms with Gasteiger partial charge in [-0.25, -0.2) is 0 Å². The molecule has 0 radical (unpaired) electrons. The zero-order chi connectivity index (χ0) is 12.6. The van der Waals surface area contributed by atoms with Crippen molar-refractivity contribution in [2.45, 2.75) is 20.3 Å². The third-order valence-corrected chi connectivity index (χ3v) is 3.69. The Labute approximate surface area is 102 Å². The van der Waals surface area contributed by atoms with E-state index in [9.17, 15) is 4.79 Å². The van der Waals surface area contributed by atoms with Gasteiger partial charge in [-0.15, -0.1) is 0 Å². The fourth-order valence-corrected chi connectivity index (χ4v) is 2.65. The van der Waals surface area contributed by atoms with Gasteiger partial charge in [-0.2, -0.15) is 0 Å². The molecule has 17 heavy (non-hydrogen) atoms. The van der Waals surface area contributed by atoms with Crippen LogP contribution in [0.25, 0.3) is 0 Å². The van der Waals surface area contributed by atoms with Crippen LogP contribution in [0.1, 0.15) is 20.3 Å². The lowest BCUT2D eigenvalue weighted by Gasteiger charge is -2.28. The number of methoxy groups -OCH3 is 1. The molecular weight excluding hydrogens is 214 g/mol. The lowest BCUT2D eigenvalue weighted by atomic mass is 9.75. The van der Waals surface area contributed by atoms with Gasteiger partial charge in [0.2, 0.25) is 0 Å². The van der Waals surface area contributed by atoms with Crippen molar-refractivity contribution in [1.29, 1.82) is 0 Å². The number of carbonyl (C=O) groups excluding carboxylic acids is 1. The third-order valence-electron chi connectivity index (χ3n) is 3.69. The normalized spacial score (nSPS) is 30.9. The Hall–Kier alpha value is -1.51. The smallest absolute Gasteiger partial charge is 0.253 e. The molecule has 2 rings (SSSR count). The maximum Gasteiger partial charge on any atom is 0.253 e. The number of nitrogens with zero attached hydrogens (tertiary/aromatic N) is 1. The molecule has 0 saturated carbocycles. The van der Waals surface area contributed by atoms with E-state index in [-0.39, 0.29) is 11.3 Å². The summed E-state index contributed by atoms with van der Waals surface area (Å²) in [6.45, 7) is 4.69. The van der Waals surface area contributed by atoms with Crippen molar-refractivity contribution in [1.82, 2.24) is 4.90 Å². The molecule has 2 aliphatic rings. The molecule has 1 fully saturated rings. The second kappa shape index (κ2) is 4.06. The van der Waals surface area contributed by atoms with Crippen LogP contribution >= 0.6 is 0 Å². The first-order chi connectivity index (χ1) is 8.00. The molecule has 1 spiro atoms. The maximum absolute atomic E-state index is 12.2. The molecule has 3 nitrogen and oxygen atoms in total. The van der Waals surface area contributed by atoms with Crippen LogP contribution in [0.5, 0.6) is 0 Å². The Bertz CT molecular complexity index is 445. The van der Waals surface area contributed by atoms with Crippen molar-refractivity contribution < 1.29 is 9.53 Å². The predicted octanol–water partition coefficient (Wildman–Crippen LogP) is 2.27. The van der Waals surface area contributed by atoms with Crippen LogP contribution in [-0.4, -0.2) is 31.5 Å². The largest absolute Gasteiger partial charge is 0.501 e. The van der Waals surface area contributed by atoms with E-state index in [1.165, 1.54) is 5.57 Å². The lowest BCUT2D eigenvalue weighted by molar-refractivity contribution is -0.123. The van der Waals surface area contributed by atoms with Crippen molar-refractivity contribution in [2.75, 3.05) is 20.7 Å². The Morgan fingerprint density at radius 3 is 2.76 bits per heavy atom. The lowest BCUT2D eigenvalue weighted by Crippen LogP contribution is -2.25. The number of rotatable bonds is 1. The number of likely N-dealkylation sites (tertiary alicyclic amines) is 1. The SMILES string of the molecule is CO/C(C)=C1/C(=O)N(C)C[C@]12C=CC(C)=CC2. The highest BCUT2D eigenvalue weighted by Gasteiger charge is 2.46. The summed E-state index contributed by atoms with van der Waals surface area (Å²) in [7, 11) is 3.47. The standard InChI is InChI=1S/C14H19NO2/c1-10-5-7-14(8-6-10)9-15(3)13(16)12(14)11(2)17-4/h5-7H,8-9H2,1-4H3/b12-11-/t14-/m1/s1. The molecule has 0 aromatic heterocycles. The van der Waals surface area contributed by atoms with Gasteiger partial charge < -0.3 is 9.64 Å². The molecule has 1 aliphatic heterocycles. The number of hydrogen-bond acceptors (Lipinski definition) is 2. The molecule has 3 heteroatoms. The van der Waals surface area contributed by atoms with Gasteiger partial charge >= 0.3 is 0 Å². The van der Waals surface area contributed by atoms with Crippen LogP contribution in [0.2, 0.25) is 0 Å². The van der Waals surface area contributed by atoms with E-state index >= 15 is 0 Å². The Balaban J connectivity index is 2.48. The molecule has 0 N–H and O–H groups in total. The number of allylic oxidation sites excluding steroid dienone is 4. The zero-order valence-electron chi connectivity index (χ0n) is 10.9. The van der Waals surface area contributed by atoms with Gasteiger partial charge in [0, 0.05) is 19.0 Å². The average molecular weight is 233 g/mol. The van der Waals surface area contributed by atoms with Crippen molar-refractivity contribution in [2.24, 2.45) is 5.41 Å². The molecule has 1 saturated heterocycles. The zero-order valence-corrected chi connectivity index (χ0v) is 10.9. The van der Waals surface area contributed by atoms with Crippen molar-refractivity contribution in [3.63, 3.8) is 0 Å². The van der Waals surface area contributed by atoms with Crippen LogP contribution in [0.3, 0.4) is 0 Å². The molecule has 1 heterocycles. The minimum absolute atomic E-state index is 0.0851. The Morgan fingerprint density at radius 2 is 2.24 bits per heavy atom. The van der Waals surface area contributed by atoms with Crippen molar-refractivity contribution >= 4 is 5.91 Å². The third kappa shape index (κ3) is 1.79. The molecule has 0 bridgehead atoms. The summed E-state index contributed by atoms with van der Waals surface area (Å²) in [5.41, 5.74) is 1.88. The van der Waals surface area contributed by atoms with Gasteiger partial charge in [0.1, 0.15) is 5.76 Å². The highest BCUT2D eigenvalue weighted by atomic mass is 16.5. The number of hydrogen-bond donors (Lipinski definition) is 0. The molecule has 92 valence electrons. The van der Waals surface area contributed by atoms with Crippen molar-refractivity contribution in [3.8, 4) is 0 Å². The first-order valence-electron chi connectivity index (χ1n) is 5.87. The van der Waals surface area contributed by atoms with Crippen LogP contribution < -0.4 is 0 Å². The number of ether oxygens (including phenoxy) is 1. The fraction of sp³-hybridized carbons (Fsp3) is 0.500. The molecule has 0 aromatic rings. The van der Waals surface area contributed by atoms with Gasteiger partial charge in [0.25, 0.3) is 5.91 Å². The summed E-state index contributed by atoms with van der Waals surface area (Å²) in [6, 6.07) is 0. The summed E-state index contributed by atoms with van der Waals surface area (Å²) in [4.78, 5) is 14.0. The summed E-state index contributed by atoms with van der Waals surface area (Å²) in [6.07, 6.45) is 7.32. The van der Waals surface area contributed by atoms with E-state index in [1.54, 1.807) is 12.0 Å². The van der Waals surface area contributed by atoms with E-state index in [1.807, 2.05) is 14.0 Å². The Kier molecular flexibility index (Phi) is 2.86. The predicted molar refractivity (Wildman–Crippen MR) is 67.3 cm³/mol. The fourth-order valence-electron chi connectivity index (χ4n) is 2.65. The van der Waals surface area contributed by atoms with Crippen LogP contribution in [0.15, 0.2) is 35.1 Å². The Morgan fingerprint density at radius 1 is 1.53 bits per heavy atom. The quantitative estimate of drug-likeness (QED) is 0.513. The second-order valence-corrected chi connectivity index (χ2v) is 4.94. The molecule has 1 atom stereocenters. The molecule has 1 amide bonds. The van der Waals surface area contributed by atoms with Gasteiger partial charge in [-0.3, -0.25) is 4.79 Å². The van der Waals surface area contributed by atoms with Crippen molar-refractivity contribution in [3.05, 3.63) is 35.1 Å². The van der Waals surface area contributed by atoms with Crippen LogP contribution in [0, 0.1) is 5.41 Å². The van der Waals surface area contributed by atoms with Crippen LogP contribution in [-0.2, 0) is 9.53 Å². The van der Waals surface area contributed by atoms with Gasteiger partial charge in [-0.05, 0) is 20.3 Å². The highest BCUT2D eigenvalue weighted by Crippen LogP contribution is 2.44. The minimum atomic E-state index is -0.189. The number of amides is 1. The van der Waals surface area contributed by atoms with Gasteiger partial charge in [0.05, 0.1) is 12.7 Å². The molecule has 0 unspecified atom stereocenters. The monoisotopic (exact) mass is 233 g/mol. The minimum Gasteiger partial charge on any atom is -0.501 e. The first-order valence-corrected chi connectivity index (χ1v) is 5.87. The van der Waals surface area contributed by atoms with E-state index in [0.717, 1.165) is 24.3 Å². The van der Waals surface area contributed by atoms with E-state index in [2.05, 4.69) is 25.2 Å². The van der Waals surface area contributed by atoms with E-state index in [4.69, 9.17) is 4.74 Å². The molecule has 1 aliphatic carbocycles.